The highest BCUT2D eigenvalue weighted by atomic mass is 32.2. The number of non-ortho nitro benzene ring substituents is 1. The standard InChI is InChI=1S/C16H20N2O4S2/c1-10(2)16(14-6-5-7-23-14)17-24(21,22)15-9-13(18(19)20)8-11(3)12(15)4/h5-10,16-17H,1-4H3. The lowest BCUT2D eigenvalue weighted by atomic mass is 10.0. The Morgan fingerprint density at radius 3 is 2.42 bits per heavy atom. The van der Waals surface area contributed by atoms with E-state index in [2.05, 4.69) is 4.72 Å². The van der Waals surface area contributed by atoms with Gasteiger partial charge in [-0.1, -0.05) is 19.9 Å². The minimum atomic E-state index is -3.89. The number of benzene rings is 1. The van der Waals surface area contributed by atoms with Gasteiger partial charge in [-0.25, -0.2) is 13.1 Å². The molecule has 1 aromatic carbocycles. The lowest BCUT2D eigenvalue weighted by Gasteiger charge is -2.22. The number of nitrogens with zero attached hydrogens (tertiary/aromatic N) is 1. The summed E-state index contributed by atoms with van der Waals surface area (Å²) in [5.74, 6) is 0.0403. The Morgan fingerprint density at radius 2 is 1.92 bits per heavy atom. The molecule has 2 aromatic rings. The largest absolute Gasteiger partial charge is 0.271 e. The number of nitro groups is 1. The van der Waals surface area contributed by atoms with Crippen molar-refractivity contribution in [2.24, 2.45) is 5.92 Å². The van der Waals surface area contributed by atoms with E-state index in [-0.39, 0.29) is 22.5 Å². The molecule has 130 valence electrons. The predicted molar refractivity (Wildman–Crippen MR) is 94.8 cm³/mol. The van der Waals surface area contributed by atoms with Crippen LogP contribution in [0.1, 0.15) is 35.9 Å². The summed E-state index contributed by atoms with van der Waals surface area (Å²) in [7, 11) is -3.89. The molecule has 8 heteroatoms. The average molecular weight is 368 g/mol. The predicted octanol–water partition coefficient (Wildman–Crippen LogP) is 3.95. The number of hydrogen-bond acceptors (Lipinski definition) is 5. The van der Waals surface area contributed by atoms with Crippen molar-refractivity contribution in [3.05, 3.63) is 55.8 Å². The Hall–Kier alpha value is -1.77. The molecule has 1 unspecified atom stereocenters. The fourth-order valence-electron chi connectivity index (χ4n) is 2.41. The summed E-state index contributed by atoms with van der Waals surface area (Å²) in [6.07, 6.45) is 0. The average Bonchev–Trinajstić information content (AvgIpc) is 3.00. The third-order valence-electron chi connectivity index (χ3n) is 3.90. The number of nitro benzene ring substituents is 1. The Kier molecular flexibility index (Phi) is 5.42. The Balaban J connectivity index is 2.49. The summed E-state index contributed by atoms with van der Waals surface area (Å²) >= 11 is 1.48. The zero-order valence-corrected chi connectivity index (χ0v) is 15.6. The van der Waals surface area contributed by atoms with Gasteiger partial charge in [0, 0.05) is 17.0 Å². The second-order valence-corrected chi connectivity index (χ2v) is 8.66. The van der Waals surface area contributed by atoms with Gasteiger partial charge in [0.05, 0.1) is 15.9 Å². The molecular formula is C16H20N2O4S2. The van der Waals surface area contributed by atoms with Crippen LogP contribution in [-0.2, 0) is 10.0 Å². The van der Waals surface area contributed by atoms with Crippen LogP contribution in [0.5, 0.6) is 0 Å². The van der Waals surface area contributed by atoms with Crippen molar-refractivity contribution < 1.29 is 13.3 Å². The molecule has 2 rings (SSSR count). The molecule has 0 saturated heterocycles. The van der Waals surface area contributed by atoms with Crippen LogP contribution >= 0.6 is 11.3 Å². The molecule has 0 fully saturated rings. The molecule has 0 bridgehead atoms. The Labute approximate surface area is 145 Å². The molecule has 0 radical (unpaired) electrons. The lowest BCUT2D eigenvalue weighted by Crippen LogP contribution is -2.32. The van der Waals surface area contributed by atoms with Gasteiger partial charge < -0.3 is 0 Å². The maximum Gasteiger partial charge on any atom is 0.271 e. The van der Waals surface area contributed by atoms with Gasteiger partial charge in [-0.2, -0.15) is 0 Å². The van der Waals surface area contributed by atoms with Gasteiger partial charge in [0.25, 0.3) is 5.69 Å². The van der Waals surface area contributed by atoms with Gasteiger partial charge in [0.15, 0.2) is 0 Å². The first kappa shape index (κ1) is 18.6. The van der Waals surface area contributed by atoms with Gasteiger partial charge in [-0.3, -0.25) is 10.1 Å². The van der Waals surface area contributed by atoms with Crippen LogP contribution < -0.4 is 4.72 Å². The van der Waals surface area contributed by atoms with Crippen LogP contribution in [-0.4, -0.2) is 13.3 Å². The molecule has 0 spiro atoms. The normalized spacial score (nSPS) is 13.2. The summed E-state index contributed by atoms with van der Waals surface area (Å²) in [4.78, 5) is 11.3. The molecule has 1 atom stereocenters. The van der Waals surface area contributed by atoms with Crippen LogP contribution in [0.15, 0.2) is 34.5 Å². The van der Waals surface area contributed by atoms with Crippen molar-refractivity contribution in [2.75, 3.05) is 0 Å². The number of hydrogen-bond donors (Lipinski definition) is 1. The molecule has 1 heterocycles. The van der Waals surface area contributed by atoms with Crippen molar-refractivity contribution in [2.45, 2.75) is 38.6 Å². The quantitative estimate of drug-likeness (QED) is 0.617. The van der Waals surface area contributed by atoms with E-state index in [1.165, 1.54) is 17.4 Å². The minimum absolute atomic E-state index is 0.0403. The van der Waals surface area contributed by atoms with E-state index in [1.54, 1.807) is 13.8 Å². The van der Waals surface area contributed by atoms with Crippen LogP contribution in [0, 0.1) is 29.9 Å². The van der Waals surface area contributed by atoms with E-state index in [9.17, 15) is 18.5 Å². The van der Waals surface area contributed by atoms with E-state index in [0.29, 0.717) is 11.1 Å². The first-order valence-electron chi connectivity index (χ1n) is 7.45. The van der Waals surface area contributed by atoms with Gasteiger partial charge in [-0.15, -0.1) is 11.3 Å². The molecule has 24 heavy (non-hydrogen) atoms. The maximum absolute atomic E-state index is 12.9. The van der Waals surface area contributed by atoms with E-state index < -0.39 is 14.9 Å². The smallest absolute Gasteiger partial charge is 0.258 e. The maximum atomic E-state index is 12.9. The Bertz CT molecular complexity index is 843. The second kappa shape index (κ2) is 7.00. The molecule has 0 aliphatic heterocycles. The summed E-state index contributed by atoms with van der Waals surface area (Å²) < 4.78 is 28.4. The summed E-state index contributed by atoms with van der Waals surface area (Å²) in [5, 5.41) is 12.9. The number of sulfonamides is 1. The van der Waals surface area contributed by atoms with Gasteiger partial charge in [-0.05, 0) is 42.3 Å². The van der Waals surface area contributed by atoms with Gasteiger partial charge >= 0.3 is 0 Å². The number of aryl methyl sites for hydroxylation is 1. The highest BCUT2D eigenvalue weighted by molar-refractivity contribution is 7.89. The minimum Gasteiger partial charge on any atom is -0.258 e. The molecule has 1 aromatic heterocycles. The fraction of sp³-hybridized carbons (Fsp3) is 0.375. The highest BCUT2D eigenvalue weighted by Gasteiger charge is 2.28. The van der Waals surface area contributed by atoms with E-state index in [1.807, 2.05) is 31.4 Å². The van der Waals surface area contributed by atoms with E-state index in [4.69, 9.17) is 0 Å². The van der Waals surface area contributed by atoms with Crippen LogP contribution in [0.3, 0.4) is 0 Å². The molecule has 0 aliphatic rings. The van der Waals surface area contributed by atoms with Crippen LogP contribution in [0.2, 0.25) is 0 Å². The topological polar surface area (TPSA) is 89.3 Å². The lowest BCUT2D eigenvalue weighted by molar-refractivity contribution is -0.385. The summed E-state index contributed by atoms with van der Waals surface area (Å²) in [6.45, 7) is 7.18. The van der Waals surface area contributed by atoms with E-state index in [0.717, 1.165) is 10.9 Å². The Morgan fingerprint density at radius 1 is 1.25 bits per heavy atom. The summed E-state index contributed by atoms with van der Waals surface area (Å²) in [6, 6.07) is 5.87. The molecule has 0 amide bonds. The van der Waals surface area contributed by atoms with Crippen LogP contribution in [0.4, 0.5) is 5.69 Å². The molecule has 1 N–H and O–H groups in total. The molecule has 6 nitrogen and oxygen atoms in total. The molecule has 0 saturated carbocycles. The number of thiophene rings is 1. The van der Waals surface area contributed by atoms with Crippen molar-refractivity contribution in [1.82, 2.24) is 4.72 Å². The fourth-order valence-corrected chi connectivity index (χ4v) is 5.14. The number of nitrogens with one attached hydrogen (secondary N) is 1. The third-order valence-corrected chi connectivity index (χ3v) is 6.43. The number of rotatable bonds is 6. The first-order valence-corrected chi connectivity index (χ1v) is 9.81. The molecular weight excluding hydrogens is 348 g/mol. The summed E-state index contributed by atoms with van der Waals surface area (Å²) in [5.41, 5.74) is 0.860. The van der Waals surface area contributed by atoms with Crippen molar-refractivity contribution in [3.8, 4) is 0 Å². The molecule has 0 aliphatic carbocycles. The van der Waals surface area contributed by atoms with E-state index >= 15 is 0 Å². The zero-order chi connectivity index (χ0) is 18.1. The third kappa shape index (κ3) is 3.82. The van der Waals surface area contributed by atoms with Crippen molar-refractivity contribution >= 4 is 27.0 Å². The monoisotopic (exact) mass is 368 g/mol. The SMILES string of the molecule is Cc1cc([N+](=O)[O-])cc(S(=O)(=O)NC(c2cccs2)C(C)C)c1C. The first-order chi connectivity index (χ1) is 11.1. The highest BCUT2D eigenvalue weighted by Crippen LogP contribution is 2.30. The van der Waals surface area contributed by atoms with Gasteiger partial charge in [0.1, 0.15) is 0 Å². The van der Waals surface area contributed by atoms with Crippen molar-refractivity contribution in [3.63, 3.8) is 0 Å². The van der Waals surface area contributed by atoms with Gasteiger partial charge in [0.2, 0.25) is 10.0 Å². The van der Waals surface area contributed by atoms with Crippen LogP contribution in [0.25, 0.3) is 0 Å². The van der Waals surface area contributed by atoms with Crippen molar-refractivity contribution in [1.29, 1.82) is 0 Å². The second-order valence-electron chi connectivity index (χ2n) is 6.00. The zero-order valence-electron chi connectivity index (χ0n) is 13.9.